The zero-order chi connectivity index (χ0) is 22.2. The van der Waals surface area contributed by atoms with E-state index in [1.807, 2.05) is 6.07 Å². The van der Waals surface area contributed by atoms with E-state index in [1.165, 1.54) is 20.3 Å². The Hall–Kier alpha value is -4.13. The average Bonchev–Trinajstić information content (AvgIpc) is 2.82. The zero-order valence-corrected chi connectivity index (χ0v) is 17.1. The Labute approximate surface area is 179 Å². The molecule has 0 aromatic heterocycles. The van der Waals surface area contributed by atoms with Gasteiger partial charge in [0.1, 0.15) is 17.1 Å². The van der Waals surface area contributed by atoms with E-state index in [2.05, 4.69) is 5.32 Å². The van der Waals surface area contributed by atoms with Crippen LogP contribution in [0.1, 0.15) is 26.3 Å². The Morgan fingerprint density at radius 3 is 2.23 bits per heavy atom. The van der Waals surface area contributed by atoms with Crippen LogP contribution in [0.25, 0.3) is 0 Å². The lowest BCUT2D eigenvalue weighted by Gasteiger charge is -2.12. The molecule has 3 aromatic rings. The first kappa shape index (κ1) is 21.6. The summed E-state index contributed by atoms with van der Waals surface area (Å²) in [7, 11) is 2.89. The van der Waals surface area contributed by atoms with Gasteiger partial charge in [0.25, 0.3) is 5.91 Å². The van der Waals surface area contributed by atoms with Crippen LogP contribution >= 0.6 is 0 Å². The van der Waals surface area contributed by atoms with Crippen molar-refractivity contribution in [2.24, 2.45) is 0 Å². The molecule has 1 amide bonds. The first-order valence-corrected chi connectivity index (χ1v) is 9.41. The van der Waals surface area contributed by atoms with E-state index in [9.17, 15) is 14.4 Å². The summed E-state index contributed by atoms with van der Waals surface area (Å²) in [5.74, 6) is -0.798. The van der Waals surface area contributed by atoms with E-state index in [0.717, 1.165) is 0 Å². The summed E-state index contributed by atoms with van der Waals surface area (Å²) >= 11 is 0. The fourth-order valence-electron chi connectivity index (χ4n) is 2.90. The maximum absolute atomic E-state index is 12.8. The number of amides is 1. The Morgan fingerprint density at radius 1 is 0.806 bits per heavy atom. The van der Waals surface area contributed by atoms with Gasteiger partial charge in [0.05, 0.1) is 19.9 Å². The monoisotopic (exact) mass is 419 g/mol. The number of hydrogen-bond acceptors (Lipinski definition) is 6. The minimum absolute atomic E-state index is 0.134. The van der Waals surface area contributed by atoms with Crippen molar-refractivity contribution in [2.75, 3.05) is 26.1 Å². The van der Waals surface area contributed by atoms with E-state index >= 15 is 0 Å². The molecule has 0 spiro atoms. The van der Waals surface area contributed by atoms with Crippen molar-refractivity contribution < 1.29 is 28.6 Å². The Bertz CT molecular complexity index is 1090. The maximum Gasteiger partial charge on any atom is 0.342 e. The van der Waals surface area contributed by atoms with Gasteiger partial charge in [-0.05, 0) is 30.3 Å². The van der Waals surface area contributed by atoms with E-state index in [0.29, 0.717) is 28.3 Å². The molecule has 0 fully saturated rings. The molecule has 0 aliphatic heterocycles. The van der Waals surface area contributed by atoms with Crippen LogP contribution in [0.2, 0.25) is 0 Å². The van der Waals surface area contributed by atoms with Crippen LogP contribution in [0.4, 0.5) is 5.69 Å². The maximum atomic E-state index is 12.8. The van der Waals surface area contributed by atoms with Gasteiger partial charge in [0, 0.05) is 11.1 Å². The molecule has 0 saturated carbocycles. The average molecular weight is 419 g/mol. The smallest absolute Gasteiger partial charge is 0.342 e. The van der Waals surface area contributed by atoms with E-state index < -0.39 is 18.5 Å². The lowest BCUT2D eigenvalue weighted by molar-refractivity contribution is -0.119. The highest BCUT2D eigenvalue weighted by atomic mass is 16.5. The Kier molecular flexibility index (Phi) is 7.01. The van der Waals surface area contributed by atoms with Gasteiger partial charge >= 0.3 is 5.97 Å². The Balaban J connectivity index is 1.69. The highest BCUT2D eigenvalue weighted by Crippen LogP contribution is 2.25. The molecular formula is C24H21NO6. The molecule has 1 N–H and O–H groups in total. The Morgan fingerprint density at radius 2 is 1.52 bits per heavy atom. The molecule has 0 aliphatic carbocycles. The van der Waals surface area contributed by atoms with Gasteiger partial charge in [0.15, 0.2) is 12.4 Å². The van der Waals surface area contributed by atoms with Crippen LogP contribution in [-0.4, -0.2) is 38.5 Å². The topological polar surface area (TPSA) is 90.9 Å². The number of esters is 1. The standard InChI is InChI=1S/C24H21NO6/c1-29-17-12-13-21(30-2)19(14-17)24(28)31-15-22(26)25-20-11-7-6-10-18(20)23(27)16-8-4-3-5-9-16/h3-14H,15H2,1-2H3,(H,25,26). The number of para-hydroxylation sites is 1. The number of carbonyl (C=O) groups excluding carboxylic acids is 3. The second-order valence-corrected chi connectivity index (χ2v) is 6.43. The molecule has 0 bridgehead atoms. The van der Waals surface area contributed by atoms with E-state index in [4.69, 9.17) is 14.2 Å². The van der Waals surface area contributed by atoms with Crippen molar-refractivity contribution in [3.8, 4) is 11.5 Å². The van der Waals surface area contributed by atoms with Crippen molar-refractivity contribution in [1.82, 2.24) is 0 Å². The van der Waals surface area contributed by atoms with Crippen LogP contribution in [0.15, 0.2) is 72.8 Å². The molecule has 31 heavy (non-hydrogen) atoms. The molecule has 158 valence electrons. The molecule has 0 atom stereocenters. The molecule has 0 aliphatic rings. The molecule has 7 heteroatoms. The summed E-state index contributed by atoms with van der Waals surface area (Å²) < 4.78 is 15.4. The SMILES string of the molecule is COc1ccc(OC)c(C(=O)OCC(=O)Nc2ccccc2C(=O)c2ccccc2)c1. The summed E-state index contributed by atoms with van der Waals surface area (Å²) in [6.07, 6.45) is 0. The van der Waals surface area contributed by atoms with Gasteiger partial charge in [0.2, 0.25) is 0 Å². The van der Waals surface area contributed by atoms with E-state index in [1.54, 1.807) is 60.7 Å². The molecule has 0 radical (unpaired) electrons. The minimum Gasteiger partial charge on any atom is -0.497 e. The van der Waals surface area contributed by atoms with Crippen molar-refractivity contribution in [2.45, 2.75) is 0 Å². The quantitative estimate of drug-likeness (QED) is 0.442. The first-order valence-electron chi connectivity index (χ1n) is 9.41. The highest BCUT2D eigenvalue weighted by Gasteiger charge is 2.18. The number of ketones is 1. The van der Waals surface area contributed by atoms with E-state index in [-0.39, 0.29) is 11.3 Å². The number of rotatable bonds is 8. The minimum atomic E-state index is -0.737. The number of methoxy groups -OCH3 is 2. The van der Waals surface area contributed by atoms with Crippen LogP contribution in [-0.2, 0) is 9.53 Å². The fourth-order valence-corrected chi connectivity index (χ4v) is 2.90. The number of hydrogen-bond donors (Lipinski definition) is 1. The molecule has 0 saturated heterocycles. The zero-order valence-electron chi connectivity index (χ0n) is 17.1. The van der Waals surface area contributed by atoms with Crippen LogP contribution in [0, 0.1) is 0 Å². The van der Waals surface area contributed by atoms with Gasteiger partial charge < -0.3 is 19.5 Å². The number of anilines is 1. The normalized spacial score (nSPS) is 10.1. The second-order valence-electron chi connectivity index (χ2n) is 6.43. The summed E-state index contributed by atoms with van der Waals surface area (Å²) in [5.41, 5.74) is 1.30. The van der Waals surface area contributed by atoms with Crippen molar-refractivity contribution in [3.63, 3.8) is 0 Å². The van der Waals surface area contributed by atoms with Crippen molar-refractivity contribution >= 4 is 23.3 Å². The van der Waals surface area contributed by atoms with Gasteiger partial charge in [-0.2, -0.15) is 0 Å². The van der Waals surface area contributed by atoms with Gasteiger partial charge in [-0.1, -0.05) is 42.5 Å². The van der Waals surface area contributed by atoms with Crippen molar-refractivity contribution in [3.05, 3.63) is 89.5 Å². The van der Waals surface area contributed by atoms with Gasteiger partial charge in [-0.15, -0.1) is 0 Å². The van der Waals surface area contributed by atoms with Crippen LogP contribution in [0.3, 0.4) is 0 Å². The molecule has 3 aromatic carbocycles. The predicted octanol–water partition coefficient (Wildman–Crippen LogP) is 3.73. The molecular weight excluding hydrogens is 398 g/mol. The predicted molar refractivity (Wildman–Crippen MR) is 115 cm³/mol. The van der Waals surface area contributed by atoms with Crippen molar-refractivity contribution in [1.29, 1.82) is 0 Å². The summed E-state index contributed by atoms with van der Waals surface area (Å²) in [4.78, 5) is 37.6. The van der Waals surface area contributed by atoms with Crippen LogP contribution < -0.4 is 14.8 Å². The third-order valence-corrected chi connectivity index (χ3v) is 4.44. The van der Waals surface area contributed by atoms with Gasteiger partial charge in [-0.3, -0.25) is 9.59 Å². The lowest BCUT2D eigenvalue weighted by atomic mass is 10.0. The van der Waals surface area contributed by atoms with Crippen LogP contribution in [0.5, 0.6) is 11.5 Å². The largest absolute Gasteiger partial charge is 0.497 e. The summed E-state index contributed by atoms with van der Waals surface area (Å²) in [6.45, 7) is -0.535. The highest BCUT2D eigenvalue weighted by molar-refractivity contribution is 6.14. The molecule has 3 rings (SSSR count). The molecule has 7 nitrogen and oxygen atoms in total. The lowest BCUT2D eigenvalue weighted by Crippen LogP contribution is -2.22. The number of ether oxygens (including phenoxy) is 3. The van der Waals surface area contributed by atoms with Gasteiger partial charge in [-0.25, -0.2) is 4.79 Å². The summed E-state index contributed by atoms with van der Waals surface area (Å²) in [5, 5.41) is 2.63. The first-order chi connectivity index (χ1) is 15.0. The fraction of sp³-hybridized carbons (Fsp3) is 0.125. The molecule has 0 heterocycles. The summed E-state index contributed by atoms with van der Waals surface area (Å²) in [6, 6.07) is 20.1. The molecule has 0 unspecified atom stereocenters. The second kappa shape index (κ2) is 10.1. The third kappa shape index (κ3) is 5.27. The third-order valence-electron chi connectivity index (χ3n) is 4.44. The number of carbonyl (C=O) groups is 3. The number of benzene rings is 3. The number of nitrogens with one attached hydrogen (secondary N) is 1.